The molecule has 1 saturated heterocycles. The predicted octanol–water partition coefficient (Wildman–Crippen LogP) is 3.03. The second kappa shape index (κ2) is 6.88. The Morgan fingerprint density at radius 3 is 2.71 bits per heavy atom. The van der Waals surface area contributed by atoms with Crippen molar-refractivity contribution in [1.29, 1.82) is 0 Å². The van der Waals surface area contributed by atoms with Crippen LogP contribution in [0.15, 0.2) is 52.3 Å². The van der Waals surface area contributed by atoms with Gasteiger partial charge in [0.1, 0.15) is 6.54 Å². The number of pyridine rings is 1. The van der Waals surface area contributed by atoms with E-state index in [1.807, 2.05) is 19.1 Å². The van der Waals surface area contributed by atoms with E-state index in [1.165, 1.54) is 16.6 Å². The molecule has 2 fully saturated rings. The number of rotatable bonds is 4. The number of hydrogen-bond acceptors (Lipinski definition) is 7. The number of aromatic nitrogens is 5. The summed E-state index contributed by atoms with van der Waals surface area (Å²) in [6.07, 6.45) is 4.77. The molecule has 6 rings (SSSR count). The monoisotopic (exact) mass is 434 g/mol. The van der Waals surface area contributed by atoms with Crippen molar-refractivity contribution in [3.05, 3.63) is 75.6 Å². The SMILES string of the molecule is Cc1cncc2ncn(Cc3nc([C@H]4[C@@H]5CN(c6ccc(Cl)cc6)C[C@@H]54)no3)c(=O)c12. The second-order valence-corrected chi connectivity index (χ2v) is 8.75. The lowest BCUT2D eigenvalue weighted by Crippen LogP contribution is -2.23. The first-order chi connectivity index (χ1) is 15.1. The maximum absolute atomic E-state index is 12.8. The molecule has 1 aliphatic heterocycles. The summed E-state index contributed by atoms with van der Waals surface area (Å²) in [7, 11) is 0. The van der Waals surface area contributed by atoms with Crippen LogP contribution in [0, 0.1) is 18.8 Å². The van der Waals surface area contributed by atoms with Gasteiger partial charge in [-0.3, -0.25) is 14.3 Å². The van der Waals surface area contributed by atoms with Crippen molar-refractivity contribution in [3.8, 4) is 0 Å². The van der Waals surface area contributed by atoms with E-state index in [1.54, 1.807) is 12.4 Å². The number of anilines is 1. The minimum atomic E-state index is -0.133. The van der Waals surface area contributed by atoms with Gasteiger partial charge in [-0.2, -0.15) is 4.98 Å². The van der Waals surface area contributed by atoms with Gasteiger partial charge in [-0.1, -0.05) is 16.8 Å². The van der Waals surface area contributed by atoms with E-state index in [4.69, 9.17) is 16.1 Å². The van der Waals surface area contributed by atoms with Crippen LogP contribution in [0.5, 0.6) is 0 Å². The van der Waals surface area contributed by atoms with E-state index in [0.29, 0.717) is 34.5 Å². The maximum atomic E-state index is 12.8. The van der Waals surface area contributed by atoms with Gasteiger partial charge in [0.25, 0.3) is 5.56 Å². The van der Waals surface area contributed by atoms with Gasteiger partial charge < -0.3 is 9.42 Å². The number of nitrogens with zero attached hydrogens (tertiary/aromatic N) is 6. The van der Waals surface area contributed by atoms with E-state index < -0.39 is 0 Å². The molecule has 0 amide bonds. The molecule has 0 N–H and O–H groups in total. The summed E-state index contributed by atoms with van der Waals surface area (Å²) in [6.45, 7) is 4.01. The van der Waals surface area contributed by atoms with E-state index in [-0.39, 0.29) is 12.1 Å². The molecule has 4 heterocycles. The van der Waals surface area contributed by atoms with Crippen LogP contribution < -0.4 is 10.5 Å². The molecule has 0 bridgehead atoms. The van der Waals surface area contributed by atoms with Crippen molar-refractivity contribution >= 4 is 28.2 Å². The molecular weight excluding hydrogens is 416 g/mol. The van der Waals surface area contributed by atoms with Crippen molar-refractivity contribution in [1.82, 2.24) is 24.7 Å². The molecule has 0 radical (unpaired) electrons. The number of benzene rings is 1. The smallest absolute Gasteiger partial charge is 0.262 e. The third-order valence-electron chi connectivity index (χ3n) is 6.40. The van der Waals surface area contributed by atoms with Crippen LogP contribution >= 0.6 is 11.6 Å². The Morgan fingerprint density at radius 2 is 1.94 bits per heavy atom. The Hall–Kier alpha value is -3.26. The Morgan fingerprint density at radius 1 is 1.16 bits per heavy atom. The Kier molecular flexibility index (Phi) is 4.11. The molecule has 3 aromatic heterocycles. The number of fused-ring (bicyclic) bond motifs is 2. The van der Waals surface area contributed by atoms with Crippen molar-refractivity contribution in [2.75, 3.05) is 18.0 Å². The predicted molar refractivity (Wildman–Crippen MR) is 115 cm³/mol. The van der Waals surface area contributed by atoms with Crippen LogP contribution in [0.2, 0.25) is 5.02 Å². The quantitative estimate of drug-likeness (QED) is 0.487. The fraction of sp³-hybridized carbons (Fsp3) is 0.318. The molecule has 156 valence electrons. The van der Waals surface area contributed by atoms with Crippen molar-refractivity contribution in [2.45, 2.75) is 19.4 Å². The van der Waals surface area contributed by atoms with Crippen LogP contribution in [0.3, 0.4) is 0 Å². The van der Waals surface area contributed by atoms with Crippen LogP contribution in [0.25, 0.3) is 10.9 Å². The molecule has 1 saturated carbocycles. The van der Waals surface area contributed by atoms with Gasteiger partial charge in [-0.15, -0.1) is 0 Å². The molecular formula is C22H19ClN6O2. The molecule has 2 aliphatic rings. The van der Waals surface area contributed by atoms with Crippen LogP contribution in [0.4, 0.5) is 5.69 Å². The minimum absolute atomic E-state index is 0.133. The van der Waals surface area contributed by atoms with E-state index in [9.17, 15) is 4.79 Å². The average molecular weight is 435 g/mol. The van der Waals surface area contributed by atoms with Gasteiger partial charge in [0.05, 0.1) is 23.4 Å². The summed E-state index contributed by atoms with van der Waals surface area (Å²) in [5, 5.41) is 5.52. The molecule has 0 unspecified atom stereocenters. The third-order valence-corrected chi connectivity index (χ3v) is 6.65. The van der Waals surface area contributed by atoms with Gasteiger partial charge in [0, 0.05) is 35.9 Å². The number of hydrogen-bond donors (Lipinski definition) is 0. The van der Waals surface area contributed by atoms with Gasteiger partial charge in [0.2, 0.25) is 5.89 Å². The molecule has 3 atom stereocenters. The topological polar surface area (TPSA) is 89.9 Å². The zero-order valence-corrected chi connectivity index (χ0v) is 17.5. The fourth-order valence-corrected chi connectivity index (χ4v) is 4.88. The summed E-state index contributed by atoms with van der Waals surface area (Å²) in [5.41, 5.74) is 2.44. The molecule has 8 nitrogen and oxygen atoms in total. The lowest BCUT2D eigenvalue weighted by molar-refractivity contribution is 0.363. The highest BCUT2D eigenvalue weighted by Crippen LogP contribution is 2.57. The van der Waals surface area contributed by atoms with Gasteiger partial charge in [-0.25, -0.2) is 4.98 Å². The molecule has 9 heteroatoms. The maximum Gasteiger partial charge on any atom is 0.262 e. The highest BCUT2D eigenvalue weighted by molar-refractivity contribution is 6.30. The first-order valence-corrected chi connectivity index (χ1v) is 10.6. The summed E-state index contributed by atoms with van der Waals surface area (Å²) in [6, 6.07) is 7.96. The fourth-order valence-electron chi connectivity index (χ4n) is 4.75. The number of aryl methyl sites for hydroxylation is 1. The summed E-state index contributed by atoms with van der Waals surface area (Å²) in [5.74, 6) is 2.54. The van der Waals surface area contributed by atoms with Crippen LogP contribution in [0.1, 0.15) is 23.2 Å². The van der Waals surface area contributed by atoms with Crippen molar-refractivity contribution in [2.24, 2.45) is 11.8 Å². The van der Waals surface area contributed by atoms with Gasteiger partial charge in [-0.05, 0) is 48.6 Å². The summed E-state index contributed by atoms with van der Waals surface area (Å²) >= 11 is 5.99. The third kappa shape index (κ3) is 3.09. The van der Waals surface area contributed by atoms with Crippen LogP contribution in [-0.2, 0) is 6.54 Å². The zero-order valence-electron chi connectivity index (χ0n) is 16.8. The summed E-state index contributed by atoms with van der Waals surface area (Å²) < 4.78 is 6.97. The van der Waals surface area contributed by atoms with E-state index in [0.717, 1.165) is 29.5 Å². The van der Waals surface area contributed by atoms with Gasteiger partial charge >= 0.3 is 0 Å². The molecule has 1 aromatic carbocycles. The lowest BCUT2D eigenvalue weighted by Gasteiger charge is -2.21. The number of halogens is 1. The van der Waals surface area contributed by atoms with Crippen molar-refractivity contribution < 1.29 is 4.52 Å². The van der Waals surface area contributed by atoms with Crippen LogP contribution in [-0.4, -0.2) is 37.8 Å². The van der Waals surface area contributed by atoms with E-state index in [2.05, 4.69) is 37.1 Å². The zero-order chi connectivity index (χ0) is 21.1. The molecule has 0 spiro atoms. The van der Waals surface area contributed by atoms with Crippen molar-refractivity contribution in [3.63, 3.8) is 0 Å². The Bertz CT molecular complexity index is 1340. The largest absolute Gasteiger partial charge is 0.371 e. The Balaban J connectivity index is 1.17. The first-order valence-electron chi connectivity index (χ1n) is 10.2. The highest BCUT2D eigenvalue weighted by Gasteiger charge is 2.58. The highest BCUT2D eigenvalue weighted by atomic mass is 35.5. The average Bonchev–Trinajstić information content (AvgIpc) is 3.09. The molecule has 31 heavy (non-hydrogen) atoms. The molecule has 1 aliphatic carbocycles. The number of piperidine rings is 1. The minimum Gasteiger partial charge on any atom is -0.371 e. The lowest BCUT2D eigenvalue weighted by atomic mass is 10.2. The Labute approximate surface area is 182 Å². The second-order valence-electron chi connectivity index (χ2n) is 8.31. The van der Waals surface area contributed by atoms with Gasteiger partial charge in [0.15, 0.2) is 5.82 Å². The normalized spacial score (nSPS) is 22.1. The summed E-state index contributed by atoms with van der Waals surface area (Å²) in [4.78, 5) is 28.2. The molecule has 4 aromatic rings. The van der Waals surface area contributed by atoms with E-state index >= 15 is 0 Å². The standard InChI is InChI=1S/C22H19ClN6O2/c1-12-6-24-7-17-19(12)22(30)29(11-25-17)10-18-26-21(27-31-18)20-15-8-28(9-16(15)20)14-4-2-13(23)3-5-14/h2-7,11,15-16,20H,8-10H2,1H3/t15-,16+,20+. The first kappa shape index (κ1) is 18.5.